The van der Waals surface area contributed by atoms with Crippen LogP contribution in [0.2, 0.25) is 0 Å². The largest absolute Gasteiger partial charge is 0.283 e. The second-order valence-electron chi connectivity index (χ2n) is 2.81. The number of aryl methyl sites for hydroxylation is 1. The number of nitrogens with zero attached hydrogens (tertiary/aromatic N) is 2. The zero-order valence-electron chi connectivity index (χ0n) is 7.28. The average molecular weight is 174 g/mol. The standard InChI is InChI=1S/C9H10N4/c1-7-2-3-9-8(6-11-13-9)4-5-10-12-7/h2-6,12-13H,1H3. The first kappa shape index (κ1) is 7.79. The van der Waals surface area contributed by atoms with E-state index in [9.17, 15) is 0 Å². The summed E-state index contributed by atoms with van der Waals surface area (Å²) >= 11 is 0. The van der Waals surface area contributed by atoms with Crippen molar-refractivity contribution in [2.45, 2.75) is 6.92 Å². The summed E-state index contributed by atoms with van der Waals surface area (Å²) in [4.78, 5) is 0. The minimum Gasteiger partial charge on any atom is -0.283 e. The molecule has 13 heavy (non-hydrogen) atoms. The SMILES string of the molecule is Cc1ccc2[nH]ncc2ccn[nH]1. The van der Waals surface area contributed by atoms with Gasteiger partial charge in [-0.15, -0.1) is 0 Å². The van der Waals surface area contributed by atoms with Crippen molar-refractivity contribution in [2.24, 2.45) is 0 Å². The Kier molecular flexibility index (Phi) is 1.96. The first-order valence-electron chi connectivity index (χ1n) is 4.03. The van der Waals surface area contributed by atoms with E-state index in [0.717, 1.165) is 16.6 Å². The Morgan fingerprint density at radius 1 is 1.08 bits per heavy atom. The van der Waals surface area contributed by atoms with Crippen molar-refractivity contribution < 1.29 is 0 Å². The van der Waals surface area contributed by atoms with Crippen LogP contribution in [-0.4, -0.2) is 20.4 Å². The van der Waals surface area contributed by atoms with Crippen LogP contribution in [0.4, 0.5) is 0 Å². The van der Waals surface area contributed by atoms with E-state index in [1.54, 1.807) is 12.4 Å². The molecular formula is C9H10N4. The zero-order valence-corrected chi connectivity index (χ0v) is 7.28. The van der Waals surface area contributed by atoms with Gasteiger partial charge in [0, 0.05) is 17.3 Å². The van der Waals surface area contributed by atoms with E-state index in [0.29, 0.717) is 0 Å². The van der Waals surface area contributed by atoms with Crippen LogP contribution in [0.1, 0.15) is 5.69 Å². The molecule has 4 nitrogen and oxygen atoms in total. The van der Waals surface area contributed by atoms with Crippen molar-refractivity contribution in [1.29, 1.82) is 0 Å². The molecule has 0 spiro atoms. The molecule has 0 aromatic carbocycles. The lowest BCUT2D eigenvalue weighted by molar-refractivity contribution is 0.999. The van der Waals surface area contributed by atoms with Crippen molar-refractivity contribution in [3.63, 3.8) is 0 Å². The molecule has 4 heteroatoms. The third-order valence-corrected chi connectivity index (χ3v) is 1.77. The fourth-order valence-corrected chi connectivity index (χ4v) is 1.07. The highest BCUT2D eigenvalue weighted by Gasteiger charge is 1.88. The second-order valence-corrected chi connectivity index (χ2v) is 2.81. The molecule has 0 saturated heterocycles. The van der Waals surface area contributed by atoms with Crippen molar-refractivity contribution in [2.75, 3.05) is 0 Å². The molecule has 2 aromatic heterocycles. The van der Waals surface area contributed by atoms with Crippen molar-refractivity contribution in [1.82, 2.24) is 20.4 Å². The van der Waals surface area contributed by atoms with Gasteiger partial charge in [0.2, 0.25) is 0 Å². The van der Waals surface area contributed by atoms with Crippen LogP contribution in [0.5, 0.6) is 0 Å². The number of H-pyrrole nitrogens is 2. The molecule has 0 aliphatic rings. The first-order chi connectivity index (χ1) is 6.36. The smallest absolute Gasteiger partial charge is 0.0651 e. The predicted octanol–water partition coefficient (Wildman–Crippen LogP) is 1.72. The summed E-state index contributed by atoms with van der Waals surface area (Å²) in [5.74, 6) is 0. The summed E-state index contributed by atoms with van der Waals surface area (Å²) in [6.07, 6.45) is 3.48. The van der Waals surface area contributed by atoms with Crippen LogP contribution in [0.3, 0.4) is 0 Å². The number of aromatic amines is 2. The molecule has 0 saturated carbocycles. The highest BCUT2D eigenvalue weighted by molar-refractivity contribution is 5.76. The summed E-state index contributed by atoms with van der Waals surface area (Å²) in [7, 11) is 0. The predicted molar refractivity (Wildman–Crippen MR) is 50.6 cm³/mol. The topological polar surface area (TPSA) is 57.4 Å². The van der Waals surface area contributed by atoms with E-state index < -0.39 is 0 Å². The number of nitrogens with one attached hydrogen (secondary N) is 2. The monoisotopic (exact) mass is 174 g/mol. The van der Waals surface area contributed by atoms with Crippen LogP contribution in [-0.2, 0) is 0 Å². The molecule has 2 aromatic rings. The van der Waals surface area contributed by atoms with Crippen molar-refractivity contribution in [3.05, 3.63) is 36.3 Å². The number of hydrogen-bond acceptors (Lipinski definition) is 2. The highest BCUT2D eigenvalue weighted by atomic mass is 15.1. The lowest BCUT2D eigenvalue weighted by Gasteiger charge is -1.80. The summed E-state index contributed by atoms with van der Waals surface area (Å²) in [5.41, 5.74) is 1.99. The summed E-state index contributed by atoms with van der Waals surface area (Å²) in [6.45, 7) is 1.95. The molecule has 0 atom stereocenters. The van der Waals surface area contributed by atoms with Gasteiger partial charge < -0.3 is 0 Å². The fraction of sp³-hybridized carbons (Fsp3) is 0.111. The van der Waals surface area contributed by atoms with Gasteiger partial charge >= 0.3 is 0 Å². The molecule has 66 valence electrons. The molecule has 0 amide bonds. The lowest BCUT2D eigenvalue weighted by Crippen LogP contribution is -1.75. The maximum absolute atomic E-state index is 3.99. The third kappa shape index (κ3) is 1.66. The Morgan fingerprint density at radius 3 is 2.92 bits per heavy atom. The summed E-state index contributed by atoms with van der Waals surface area (Å²) < 4.78 is 0. The summed E-state index contributed by atoms with van der Waals surface area (Å²) in [6, 6.07) is 5.82. The normalized spacial score (nSPS) is 9.92. The molecule has 0 aliphatic heterocycles. The number of hydrogen-bond donors (Lipinski definition) is 2. The van der Waals surface area contributed by atoms with Crippen molar-refractivity contribution >= 4 is 10.9 Å². The molecule has 0 aliphatic carbocycles. The van der Waals surface area contributed by atoms with E-state index in [4.69, 9.17) is 0 Å². The lowest BCUT2D eigenvalue weighted by atomic mass is 10.3. The van der Waals surface area contributed by atoms with E-state index in [1.165, 1.54) is 0 Å². The zero-order chi connectivity index (χ0) is 9.10. The average Bonchev–Trinajstić information content (AvgIpc) is 2.56. The fourth-order valence-electron chi connectivity index (χ4n) is 1.07. The van der Waals surface area contributed by atoms with Gasteiger partial charge in [-0.2, -0.15) is 10.2 Å². The van der Waals surface area contributed by atoms with Crippen LogP contribution in [0, 0.1) is 6.92 Å². The molecular weight excluding hydrogens is 164 g/mol. The Hall–Kier alpha value is -1.84. The molecule has 2 heterocycles. The molecule has 0 bridgehead atoms. The van der Waals surface area contributed by atoms with Gasteiger partial charge in [-0.25, -0.2) is 0 Å². The van der Waals surface area contributed by atoms with Gasteiger partial charge in [0.05, 0.1) is 11.7 Å². The summed E-state index contributed by atoms with van der Waals surface area (Å²) in [5, 5.41) is 14.8. The highest BCUT2D eigenvalue weighted by Crippen LogP contribution is 2.04. The van der Waals surface area contributed by atoms with Crippen LogP contribution >= 0.6 is 0 Å². The molecule has 2 rings (SSSR count). The second kappa shape index (κ2) is 3.26. The maximum atomic E-state index is 3.99. The van der Waals surface area contributed by atoms with Gasteiger partial charge in [-0.1, -0.05) is 0 Å². The van der Waals surface area contributed by atoms with Gasteiger partial charge in [-0.05, 0) is 25.1 Å². The van der Waals surface area contributed by atoms with Crippen LogP contribution in [0.15, 0.2) is 30.6 Å². The Balaban J connectivity index is 2.79. The third-order valence-electron chi connectivity index (χ3n) is 1.77. The minimum absolute atomic E-state index is 0.993. The van der Waals surface area contributed by atoms with E-state index in [2.05, 4.69) is 20.4 Å². The Bertz CT molecular complexity index is 453. The molecule has 0 unspecified atom stereocenters. The molecule has 0 radical (unpaired) electrons. The quantitative estimate of drug-likeness (QED) is 0.638. The van der Waals surface area contributed by atoms with Gasteiger partial charge in [-0.3, -0.25) is 10.2 Å². The van der Waals surface area contributed by atoms with Crippen LogP contribution in [0.25, 0.3) is 10.9 Å². The number of aromatic nitrogens is 4. The van der Waals surface area contributed by atoms with E-state index >= 15 is 0 Å². The van der Waals surface area contributed by atoms with E-state index in [-0.39, 0.29) is 0 Å². The van der Waals surface area contributed by atoms with Crippen molar-refractivity contribution in [3.8, 4) is 0 Å². The Labute approximate surface area is 75.3 Å². The maximum Gasteiger partial charge on any atom is 0.0651 e. The van der Waals surface area contributed by atoms with Gasteiger partial charge in [0.15, 0.2) is 0 Å². The van der Waals surface area contributed by atoms with Gasteiger partial charge in [0.25, 0.3) is 0 Å². The van der Waals surface area contributed by atoms with Crippen LogP contribution < -0.4 is 0 Å². The number of rotatable bonds is 0. The number of fused-ring (bicyclic) bond motifs is 1. The van der Waals surface area contributed by atoms with Gasteiger partial charge in [0.1, 0.15) is 0 Å². The first-order valence-corrected chi connectivity index (χ1v) is 4.03. The minimum atomic E-state index is 0.993. The molecule has 0 fully saturated rings. The Morgan fingerprint density at radius 2 is 2.00 bits per heavy atom. The molecule has 2 N–H and O–H groups in total. The van der Waals surface area contributed by atoms with E-state index in [1.807, 2.05) is 25.1 Å².